The highest BCUT2D eigenvalue weighted by molar-refractivity contribution is 6.13. The molecule has 22 heavy (non-hydrogen) atoms. The molecule has 1 aromatic rings. The molecule has 0 saturated carbocycles. The molecule has 2 saturated heterocycles. The van der Waals surface area contributed by atoms with E-state index in [1.165, 1.54) is 0 Å². The Bertz CT molecular complexity index is 624. The van der Waals surface area contributed by atoms with E-state index in [-0.39, 0.29) is 5.70 Å². The number of anilines is 1. The number of nitrogens with zero attached hydrogens (tertiary/aromatic N) is 3. The fourth-order valence-corrected chi connectivity index (χ4v) is 2.57. The van der Waals surface area contributed by atoms with Gasteiger partial charge in [-0.2, -0.15) is 0 Å². The van der Waals surface area contributed by atoms with Gasteiger partial charge in [0.15, 0.2) is 0 Å². The number of hydrogen-bond donors (Lipinski definition) is 3. The summed E-state index contributed by atoms with van der Waals surface area (Å²) in [5.41, 5.74) is 0.768. The topological polar surface area (TPSA) is 99.3 Å². The average Bonchev–Trinajstić information content (AvgIpc) is 2.85. The number of urea groups is 1. The van der Waals surface area contributed by atoms with Crippen molar-refractivity contribution >= 4 is 24.0 Å². The van der Waals surface area contributed by atoms with Crippen molar-refractivity contribution in [2.24, 2.45) is 0 Å². The van der Waals surface area contributed by atoms with Crippen molar-refractivity contribution in [2.75, 3.05) is 25.0 Å². The molecule has 0 aliphatic carbocycles. The van der Waals surface area contributed by atoms with Gasteiger partial charge in [0.25, 0.3) is 5.91 Å². The van der Waals surface area contributed by atoms with Crippen LogP contribution in [0.15, 0.2) is 18.0 Å². The maximum absolute atomic E-state index is 11.5. The van der Waals surface area contributed by atoms with E-state index in [1.807, 2.05) is 11.9 Å². The molecule has 2 aliphatic rings. The summed E-state index contributed by atoms with van der Waals surface area (Å²) in [5.74, 6) is 0.155. The van der Waals surface area contributed by atoms with Gasteiger partial charge in [-0.05, 0) is 31.5 Å². The molecule has 3 heterocycles. The Morgan fingerprint density at radius 1 is 1.36 bits per heavy atom. The first-order valence-electron chi connectivity index (χ1n) is 7.24. The number of piperidine rings is 1. The van der Waals surface area contributed by atoms with Crippen molar-refractivity contribution in [3.05, 3.63) is 23.7 Å². The molecule has 3 N–H and O–H groups in total. The molecule has 1 aromatic heterocycles. The summed E-state index contributed by atoms with van der Waals surface area (Å²) < 4.78 is 0. The molecular formula is C14H18N6O2. The van der Waals surface area contributed by atoms with Crippen molar-refractivity contribution in [2.45, 2.75) is 18.9 Å². The van der Waals surface area contributed by atoms with Gasteiger partial charge in [-0.1, -0.05) is 0 Å². The second-order valence-corrected chi connectivity index (χ2v) is 5.36. The number of nitrogens with one attached hydrogen (secondary N) is 3. The molecule has 1 atom stereocenters. The molecule has 8 heteroatoms. The Morgan fingerprint density at radius 2 is 2.23 bits per heavy atom. The normalized spacial score (nSPS) is 23.3. The molecule has 8 nitrogen and oxygen atoms in total. The van der Waals surface area contributed by atoms with Crippen molar-refractivity contribution in [1.82, 2.24) is 25.9 Å². The van der Waals surface area contributed by atoms with Crippen LogP contribution in [0.25, 0.3) is 6.08 Å². The minimum Gasteiger partial charge on any atom is -0.340 e. The zero-order valence-electron chi connectivity index (χ0n) is 12.3. The van der Waals surface area contributed by atoms with Crippen LogP contribution in [-0.4, -0.2) is 48.1 Å². The number of amides is 3. The predicted molar refractivity (Wildman–Crippen MR) is 81.0 cm³/mol. The predicted octanol–water partition coefficient (Wildman–Crippen LogP) is -0.155. The van der Waals surface area contributed by atoms with Gasteiger partial charge in [-0.15, -0.1) is 0 Å². The number of rotatable bonds is 3. The number of aromatic nitrogens is 2. The number of carbonyl (C=O) groups is 2. The summed E-state index contributed by atoms with van der Waals surface area (Å²) in [6.45, 7) is 1.95. The van der Waals surface area contributed by atoms with E-state index in [9.17, 15) is 9.59 Å². The van der Waals surface area contributed by atoms with E-state index in [2.05, 4.69) is 25.9 Å². The first-order chi connectivity index (χ1) is 10.6. The van der Waals surface area contributed by atoms with E-state index in [4.69, 9.17) is 0 Å². The molecule has 2 aliphatic heterocycles. The van der Waals surface area contributed by atoms with Gasteiger partial charge < -0.3 is 15.5 Å². The molecule has 3 amide bonds. The van der Waals surface area contributed by atoms with Crippen molar-refractivity contribution in [1.29, 1.82) is 0 Å². The van der Waals surface area contributed by atoms with Crippen LogP contribution in [0.1, 0.15) is 18.5 Å². The lowest BCUT2D eigenvalue weighted by Gasteiger charge is -2.31. The molecule has 2 fully saturated rings. The average molecular weight is 302 g/mol. The van der Waals surface area contributed by atoms with Crippen LogP contribution in [0.3, 0.4) is 0 Å². The summed E-state index contributed by atoms with van der Waals surface area (Å²) in [6.07, 6.45) is 5.41. The van der Waals surface area contributed by atoms with Gasteiger partial charge in [-0.3, -0.25) is 10.1 Å². The van der Waals surface area contributed by atoms with Gasteiger partial charge in [-0.25, -0.2) is 14.8 Å². The fraction of sp³-hybridized carbons (Fsp3) is 0.429. The van der Waals surface area contributed by atoms with Gasteiger partial charge in [0.2, 0.25) is 5.95 Å². The van der Waals surface area contributed by atoms with Gasteiger partial charge in [0, 0.05) is 25.8 Å². The highest BCUT2D eigenvalue weighted by atomic mass is 16.2. The minimum absolute atomic E-state index is 0.191. The molecule has 3 rings (SSSR count). The third-order valence-corrected chi connectivity index (χ3v) is 3.81. The number of likely N-dealkylation sites (N-methyl/N-ethyl adjacent to an activating group) is 1. The van der Waals surface area contributed by atoms with E-state index in [0.717, 1.165) is 25.9 Å². The van der Waals surface area contributed by atoms with Gasteiger partial charge in [0.05, 0.1) is 5.69 Å². The first kappa shape index (κ1) is 14.5. The largest absolute Gasteiger partial charge is 0.340 e. The van der Waals surface area contributed by atoms with Crippen molar-refractivity contribution in [3.8, 4) is 0 Å². The van der Waals surface area contributed by atoms with Gasteiger partial charge in [0.1, 0.15) is 5.70 Å². The van der Waals surface area contributed by atoms with E-state index >= 15 is 0 Å². The summed E-state index contributed by atoms with van der Waals surface area (Å²) >= 11 is 0. The number of imide groups is 1. The fourth-order valence-electron chi connectivity index (χ4n) is 2.57. The second kappa shape index (κ2) is 6.10. The first-order valence-corrected chi connectivity index (χ1v) is 7.24. The lowest BCUT2D eigenvalue weighted by Crippen LogP contribution is -2.44. The standard InChI is InChI=1S/C14H18N6O2/c1-20(10-3-2-5-15-8-10)13-16-6-4-9(17-13)7-11-12(21)19-14(22)18-11/h4,6-7,10,15H,2-3,5,8H2,1H3,(H2,18,19,21,22)/b11-7-/t10-/m0/s1. The summed E-state index contributed by atoms with van der Waals surface area (Å²) in [5, 5.41) is 7.96. The Labute approximate surface area is 128 Å². The molecule has 0 spiro atoms. The quantitative estimate of drug-likeness (QED) is 0.530. The van der Waals surface area contributed by atoms with Crippen LogP contribution in [0.4, 0.5) is 10.7 Å². The summed E-state index contributed by atoms with van der Waals surface area (Å²) in [4.78, 5) is 33.4. The SMILES string of the molecule is CN(c1nccc(/C=C2\NC(=O)NC2=O)n1)[C@H]1CCCNC1. The van der Waals surface area contributed by atoms with E-state index in [1.54, 1.807) is 18.3 Å². The van der Waals surface area contributed by atoms with Crippen molar-refractivity contribution < 1.29 is 9.59 Å². The Hall–Kier alpha value is -2.48. The van der Waals surface area contributed by atoms with Crippen LogP contribution in [0, 0.1) is 0 Å². The van der Waals surface area contributed by atoms with Crippen LogP contribution < -0.4 is 20.9 Å². The molecular weight excluding hydrogens is 284 g/mol. The third kappa shape index (κ3) is 3.06. The smallest absolute Gasteiger partial charge is 0.326 e. The van der Waals surface area contributed by atoms with E-state index < -0.39 is 11.9 Å². The van der Waals surface area contributed by atoms with Crippen LogP contribution in [-0.2, 0) is 4.79 Å². The third-order valence-electron chi connectivity index (χ3n) is 3.81. The van der Waals surface area contributed by atoms with E-state index in [0.29, 0.717) is 17.7 Å². The molecule has 116 valence electrons. The van der Waals surface area contributed by atoms with Gasteiger partial charge >= 0.3 is 6.03 Å². The monoisotopic (exact) mass is 302 g/mol. The second-order valence-electron chi connectivity index (χ2n) is 5.36. The molecule has 0 unspecified atom stereocenters. The maximum Gasteiger partial charge on any atom is 0.326 e. The molecule has 0 radical (unpaired) electrons. The zero-order chi connectivity index (χ0) is 15.5. The van der Waals surface area contributed by atoms with Crippen molar-refractivity contribution in [3.63, 3.8) is 0 Å². The lowest BCUT2D eigenvalue weighted by atomic mass is 10.1. The maximum atomic E-state index is 11.5. The van der Waals surface area contributed by atoms with Crippen LogP contribution in [0.5, 0.6) is 0 Å². The molecule has 0 bridgehead atoms. The highest BCUT2D eigenvalue weighted by Gasteiger charge is 2.23. The Morgan fingerprint density at radius 3 is 2.91 bits per heavy atom. The number of hydrogen-bond acceptors (Lipinski definition) is 6. The Balaban J connectivity index is 1.79. The zero-order valence-corrected chi connectivity index (χ0v) is 12.3. The summed E-state index contributed by atoms with van der Waals surface area (Å²) in [6, 6.07) is 1.53. The summed E-state index contributed by atoms with van der Waals surface area (Å²) in [7, 11) is 1.97. The number of carbonyl (C=O) groups excluding carboxylic acids is 2. The Kier molecular flexibility index (Phi) is 4.01. The van der Waals surface area contributed by atoms with Crippen LogP contribution in [0.2, 0.25) is 0 Å². The minimum atomic E-state index is -0.518. The molecule has 0 aromatic carbocycles. The lowest BCUT2D eigenvalue weighted by molar-refractivity contribution is -0.115. The highest BCUT2D eigenvalue weighted by Crippen LogP contribution is 2.16. The van der Waals surface area contributed by atoms with Crippen LogP contribution >= 0.6 is 0 Å².